The van der Waals surface area contributed by atoms with Crippen LogP contribution in [0.2, 0.25) is 0 Å². The summed E-state index contributed by atoms with van der Waals surface area (Å²) in [5, 5.41) is 4.26. The molecule has 0 bridgehead atoms. The molecule has 0 saturated carbocycles. The molecule has 0 radical (unpaired) electrons. The zero-order chi connectivity index (χ0) is 19.0. The van der Waals surface area contributed by atoms with Gasteiger partial charge in [-0.1, -0.05) is 18.6 Å². The third-order valence-electron chi connectivity index (χ3n) is 4.88. The highest BCUT2D eigenvalue weighted by Gasteiger charge is 2.28. The van der Waals surface area contributed by atoms with Crippen LogP contribution in [0.15, 0.2) is 30.6 Å². The number of hydrogen-bond acceptors (Lipinski definition) is 5. The number of rotatable bonds is 3. The molecule has 4 rings (SSSR count). The van der Waals surface area contributed by atoms with E-state index in [1.165, 1.54) is 11.9 Å². The topological polar surface area (TPSA) is 72.6 Å². The Morgan fingerprint density at radius 2 is 2.11 bits per heavy atom. The first kappa shape index (κ1) is 17.6. The average molecular weight is 365 g/mol. The van der Waals surface area contributed by atoms with Crippen molar-refractivity contribution < 1.29 is 9.53 Å². The lowest BCUT2D eigenvalue weighted by molar-refractivity contribution is -0.0257. The number of carbonyl (C=O) groups excluding carboxylic acids is 1. The lowest BCUT2D eigenvalue weighted by atomic mass is 10.0. The molecular formula is C20H23N5O2. The molecule has 3 heterocycles. The third kappa shape index (κ3) is 3.42. The van der Waals surface area contributed by atoms with Crippen LogP contribution < -0.4 is 0 Å². The Bertz CT molecular complexity index is 997. The quantitative estimate of drug-likeness (QED) is 0.713. The van der Waals surface area contributed by atoms with Gasteiger partial charge in [0.25, 0.3) is 11.7 Å². The first-order chi connectivity index (χ1) is 13.0. The second-order valence-corrected chi connectivity index (χ2v) is 6.97. The van der Waals surface area contributed by atoms with E-state index in [9.17, 15) is 4.79 Å². The number of morpholine rings is 1. The molecule has 1 aliphatic heterocycles. The first-order valence-electron chi connectivity index (χ1n) is 9.24. The lowest BCUT2D eigenvalue weighted by Crippen LogP contribution is -2.42. The van der Waals surface area contributed by atoms with Gasteiger partial charge in [-0.05, 0) is 44.0 Å². The van der Waals surface area contributed by atoms with Gasteiger partial charge >= 0.3 is 0 Å². The van der Waals surface area contributed by atoms with Gasteiger partial charge in [0.2, 0.25) is 0 Å². The Hall–Kier alpha value is -2.80. The first-order valence-corrected chi connectivity index (χ1v) is 9.24. The minimum absolute atomic E-state index is 0.0438. The van der Waals surface area contributed by atoms with Crippen molar-refractivity contribution in [3.63, 3.8) is 0 Å². The molecule has 0 aliphatic carbocycles. The number of hydrogen-bond donors (Lipinski definition) is 0. The van der Waals surface area contributed by atoms with Crippen molar-refractivity contribution in [1.82, 2.24) is 24.5 Å². The molecule has 27 heavy (non-hydrogen) atoms. The molecule has 1 aliphatic rings. The summed E-state index contributed by atoms with van der Waals surface area (Å²) >= 11 is 0. The summed E-state index contributed by atoms with van der Waals surface area (Å²) in [6.07, 6.45) is 2.13. The largest absolute Gasteiger partial charge is 0.368 e. The molecule has 2 aromatic heterocycles. The summed E-state index contributed by atoms with van der Waals surface area (Å²) < 4.78 is 7.66. The highest BCUT2D eigenvalue weighted by atomic mass is 16.5. The second-order valence-electron chi connectivity index (χ2n) is 6.97. The molecule has 1 fully saturated rings. The molecular weight excluding hydrogens is 342 g/mol. The van der Waals surface area contributed by atoms with Gasteiger partial charge in [-0.2, -0.15) is 14.6 Å². The van der Waals surface area contributed by atoms with Crippen LogP contribution in [0.3, 0.4) is 0 Å². The second kappa shape index (κ2) is 7.08. The summed E-state index contributed by atoms with van der Waals surface area (Å²) in [6.45, 7) is 7.59. The maximum atomic E-state index is 13.1. The van der Waals surface area contributed by atoms with E-state index in [1.54, 1.807) is 4.52 Å². The fourth-order valence-electron chi connectivity index (χ4n) is 3.57. The molecule has 140 valence electrons. The predicted octanol–water partition coefficient (Wildman–Crippen LogP) is 2.52. The van der Waals surface area contributed by atoms with Gasteiger partial charge < -0.3 is 9.64 Å². The van der Waals surface area contributed by atoms with Crippen LogP contribution in [0.4, 0.5) is 0 Å². The minimum Gasteiger partial charge on any atom is -0.368 e. The number of fused-ring (bicyclic) bond motifs is 1. The van der Waals surface area contributed by atoms with E-state index in [-0.39, 0.29) is 12.0 Å². The molecule has 0 N–H and O–H groups in total. The summed E-state index contributed by atoms with van der Waals surface area (Å²) in [5.74, 6) is 0.589. The fourth-order valence-corrected chi connectivity index (χ4v) is 3.57. The van der Waals surface area contributed by atoms with E-state index in [1.807, 2.05) is 36.9 Å². The van der Waals surface area contributed by atoms with E-state index in [2.05, 4.69) is 28.1 Å². The molecule has 1 aromatic carbocycles. The van der Waals surface area contributed by atoms with Crippen molar-refractivity contribution in [3.05, 3.63) is 58.7 Å². The summed E-state index contributed by atoms with van der Waals surface area (Å²) in [7, 11) is 0. The summed E-state index contributed by atoms with van der Waals surface area (Å²) in [4.78, 5) is 23.5. The van der Waals surface area contributed by atoms with E-state index in [0.717, 1.165) is 28.9 Å². The normalized spacial score (nSPS) is 17.4. The molecule has 0 spiro atoms. The number of aromatic nitrogens is 4. The van der Waals surface area contributed by atoms with Crippen molar-refractivity contribution in [3.8, 4) is 0 Å². The number of carbonyl (C=O) groups is 1. The lowest BCUT2D eigenvalue weighted by Gasteiger charge is -2.33. The average Bonchev–Trinajstić information content (AvgIpc) is 3.14. The smallest absolute Gasteiger partial charge is 0.254 e. The highest BCUT2D eigenvalue weighted by Crippen LogP contribution is 2.24. The molecule has 3 aromatic rings. The number of benzene rings is 1. The van der Waals surface area contributed by atoms with Crippen LogP contribution in [0.1, 0.15) is 45.9 Å². The maximum Gasteiger partial charge on any atom is 0.254 e. The Morgan fingerprint density at radius 1 is 1.26 bits per heavy atom. The fraction of sp³-hybridized carbons (Fsp3) is 0.400. The van der Waals surface area contributed by atoms with Gasteiger partial charge in [-0.25, -0.2) is 4.98 Å². The van der Waals surface area contributed by atoms with Crippen LogP contribution in [-0.4, -0.2) is 50.1 Å². The van der Waals surface area contributed by atoms with Crippen molar-refractivity contribution in [2.75, 3.05) is 19.7 Å². The highest BCUT2D eigenvalue weighted by molar-refractivity contribution is 5.94. The molecule has 7 nitrogen and oxygen atoms in total. The zero-order valence-electron chi connectivity index (χ0n) is 15.8. The number of amides is 1. The standard InChI is InChI=1S/C20H23N5O2/c1-4-15-7-13(2)8-16(10-15)19(26)24-5-6-27-18(11-24)17-9-14(3)23-20-21-12-22-25(17)20/h7-10,12,18H,4-6,11H2,1-3H3/t18-/m0/s1. The van der Waals surface area contributed by atoms with Crippen LogP contribution >= 0.6 is 0 Å². The Morgan fingerprint density at radius 3 is 2.93 bits per heavy atom. The Kier molecular flexibility index (Phi) is 4.61. The molecule has 1 saturated heterocycles. The van der Waals surface area contributed by atoms with E-state index >= 15 is 0 Å². The maximum absolute atomic E-state index is 13.1. The van der Waals surface area contributed by atoms with Crippen LogP contribution in [0, 0.1) is 13.8 Å². The van der Waals surface area contributed by atoms with Gasteiger partial charge in [0.1, 0.15) is 12.4 Å². The van der Waals surface area contributed by atoms with Gasteiger partial charge in [-0.15, -0.1) is 0 Å². The van der Waals surface area contributed by atoms with Gasteiger partial charge in [0.15, 0.2) is 0 Å². The van der Waals surface area contributed by atoms with Crippen LogP contribution in [0.5, 0.6) is 0 Å². The summed E-state index contributed by atoms with van der Waals surface area (Å²) in [5.41, 5.74) is 4.74. The number of ether oxygens (including phenoxy) is 1. The van der Waals surface area contributed by atoms with E-state index < -0.39 is 0 Å². The predicted molar refractivity (Wildman–Crippen MR) is 101 cm³/mol. The van der Waals surface area contributed by atoms with Gasteiger partial charge in [0, 0.05) is 17.8 Å². The SMILES string of the molecule is CCc1cc(C)cc(C(=O)N2CCO[C@H](c3cc(C)nc4ncnn34)C2)c1. The zero-order valence-corrected chi connectivity index (χ0v) is 15.8. The van der Waals surface area contributed by atoms with Crippen molar-refractivity contribution >= 4 is 11.7 Å². The Labute approximate surface area is 158 Å². The van der Waals surface area contributed by atoms with Gasteiger partial charge in [-0.3, -0.25) is 4.79 Å². The third-order valence-corrected chi connectivity index (χ3v) is 4.88. The van der Waals surface area contributed by atoms with E-state index in [4.69, 9.17) is 4.74 Å². The van der Waals surface area contributed by atoms with Gasteiger partial charge in [0.05, 0.1) is 18.8 Å². The molecule has 7 heteroatoms. The number of nitrogens with zero attached hydrogens (tertiary/aromatic N) is 5. The molecule has 1 amide bonds. The monoisotopic (exact) mass is 365 g/mol. The Balaban J connectivity index is 1.62. The summed E-state index contributed by atoms with van der Waals surface area (Å²) in [6, 6.07) is 8.02. The minimum atomic E-state index is -0.260. The number of aryl methyl sites for hydroxylation is 3. The van der Waals surface area contributed by atoms with Crippen LogP contribution in [0.25, 0.3) is 5.78 Å². The molecule has 1 atom stereocenters. The van der Waals surface area contributed by atoms with Crippen molar-refractivity contribution in [1.29, 1.82) is 0 Å². The van der Waals surface area contributed by atoms with Crippen LogP contribution in [-0.2, 0) is 11.2 Å². The van der Waals surface area contributed by atoms with E-state index in [0.29, 0.717) is 25.5 Å². The van der Waals surface area contributed by atoms with Crippen molar-refractivity contribution in [2.45, 2.75) is 33.3 Å². The van der Waals surface area contributed by atoms with Crippen molar-refractivity contribution in [2.24, 2.45) is 0 Å². The molecule has 0 unspecified atom stereocenters.